The molecule has 3 atom stereocenters. The van der Waals surface area contributed by atoms with Gasteiger partial charge in [0, 0.05) is 26.7 Å². The second-order valence-corrected chi connectivity index (χ2v) is 6.43. The average Bonchev–Trinajstić information content (AvgIpc) is 2.46. The molecule has 0 saturated heterocycles. The summed E-state index contributed by atoms with van der Waals surface area (Å²) in [5.41, 5.74) is 0. The van der Waals surface area contributed by atoms with Crippen LogP contribution in [0, 0.1) is 17.8 Å². The molecule has 0 heterocycles. The Morgan fingerprint density at radius 2 is 1.68 bits per heavy atom. The fraction of sp³-hybridized carbons (Fsp3) is 1.00. The molecule has 2 aliphatic carbocycles. The zero-order valence-electron chi connectivity index (χ0n) is 12.6. The molecule has 2 rings (SSSR count). The van der Waals surface area contributed by atoms with Crippen LogP contribution in [0.2, 0.25) is 0 Å². The SMILES string of the molecule is COCCNCCNCC1CCC2CCCCC2C1. The van der Waals surface area contributed by atoms with Crippen LogP contribution < -0.4 is 10.6 Å². The molecule has 3 heteroatoms. The predicted octanol–water partition coefficient (Wildman–Crippen LogP) is 2.42. The third-order valence-electron chi connectivity index (χ3n) is 5.04. The summed E-state index contributed by atoms with van der Waals surface area (Å²) in [6.45, 7) is 5.16. The minimum absolute atomic E-state index is 0.811. The number of hydrogen-bond donors (Lipinski definition) is 2. The number of ether oxygens (including phenoxy) is 1. The third-order valence-corrected chi connectivity index (χ3v) is 5.04. The van der Waals surface area contributed by atoms with Gasteiger partial charge in [-0.1, -0.05) is 25.7 Å². The average molecular weight is 268 g/mol. The Bertz CT molecular complexity index is 235. The molecule has 0 aromatic rings. The van der Waals surface area contributed by atoms with Crippen molar-refractivity contribution < 1.29 is 4.74 Å². The van der Waals surface area contributed by atoms with E-state index in [9.17, 15) is 0 Å². The van der Waals surface area contributed by atoms with Crippen LogP contribution in [0.15, 0.2) is 0 Å². The van der Waals surface area contributed by atoms with E-state index in [1.165, 1.54) is 51.5 Å². The van der Waals surface area contributed by atoms with Crippen LogP contribution in [0.5, 0.6) is 0 Å². The zero-order valence-corrected chi connectivity index (χ0v) is 12.6. The summed E-state index contributed by atoms with van der Waals surface area (Å²) in [5, 5.41) is 7.01. The first kappa shape index (κ1) is 15.3. The third kappa shape index (κ3) is 5.41. The molecule has 3 nitrogen and oxygen atoms in total. The van der Waals surface area contributed by atoms with Crippen LogP contribution in [0.4, 0.5) is 0 Å². The van der Waals surface area contributed by atoms with Crippen LogP contribution in [-0.4, -0.2) is 39.9 Å². The van der Waals surface area contributed by atoms with Crippen LogP contribution in [-0.2, 0) is 4.74 Å². The fourth-order valence-electron chi connectivity index (χ4n) is 3.94. The molecule has 0 spiro atoms. The van der Waals surface area contributed by atoms with Crippen molar-refractivity contribution in [2.24, 2.45) is 17.8 Å². The first-order valence-corrected chi connectivity index (χ1v) is 8.30. The normalized spacial score (nSPS) is 31.1. The Morgan fingerprint density at radius 1 is 0.895 bits per heavy atom. The van der Waals surface area contributed by atoms with Crippen molar-refractivity contribution in [3.63, 3.8) is 0 Å². The zero-order chi connectivity index (χ0) is 13.3. The lowest BCUT2D eigenvalue weighted by atomic mass is 9.67. The summed E-state index contributed by atoms with van der Waals surface area (Å²) in [4.78, 5) is 0. The van der Waals surface area contributed by atoms with Crippen molar-refractivity contribution >= 4 is 0 Å². The highest BCUT2D eigenvalue weighted by Gasteiger charge is 2.31. The van der Waals surface area contributed by atoms with E-state index in [0.29, 0.717) is 0 Å². The number of rotatable bonds is 8. The number of methoxy groups -OCH3 is 1. The lowest BCUT2D eigenvalue weighted by Crippen LogP contribution is -2.35. The summed E-state index contributed by atoms with van der Waals surface area (Å²) in [7, 11) is 1.75. The predicted molar refractivity (Wildman–Crippen MR) is 80.4 cm³/mol. The number of fused-ring (bicyclic) bond motifs is 1. The van der Waals surface area contributed by atoms with Gasteiger partial charge in [-0.25, -0.2) is 0 Å². The van der Waals surface area contributed by atoms with Crippen molar-refractivity contribution in [2.45, 2.75) is 44.9 Å². The van der Waals surface area contributed by atoms with E-state index in [1.54, 1.807) is 7.11 Å². The maximum absolute atomic E-state index is 5.01. The molecule has 0 aliphatic heterocycles. The highest BCUT2D eigenvalue weighted by atomic mass is 16.5. The van der Waals surface area contributed by atoms with Gasteiger partial charge in [0.1, 0.15) is 0 Å². The topological polar surface area (TPSA) is 33.3 Å². The maximum Gasteiger partial charge on any atom is 0.0587 e. The van der Waals surface area contributed by atoms with E-state index in [2.05, 4.69) is 10.6 Å². The molecular formula is C16H32N2O. The minimum Gasteiger partial charge on any atom is -0.383 e. The standard InChI is InChI=1S/C16H32N2O/c1-19-11-10-17-8-9-18-13-14-6-7-15-4-2-3-5-16(15)12-14/h14-18H,2-13H2,1H3. The van der Waals surface area contributed by atoms with Gasteiger partial charge in [0.15, 0.2) is 0 Å². The van der Waals surface area contributed by atoms with Gasteiger partial charge in [0.05, 0.1) is 6.61 Å². The Labute approximate surface area is 118 Å². The second-order valence-electron chi connectivity index (χ2n) is 6.43. The molecule has 2 N–H and O–H groups in total. The van der Waals surface area contributed by atoms with Gasteiger partial charge in [0.2, 0.25) is 0 Å². The Morgan fingerprint density at radius 3 is 2.53 bits per heavy atom. The molecule has 2 aliphatic rings. The number of nitrogens with one attached hydrogen (secondary N) is 2. The van der Waals surface area contributed by atoms with Crippen LogP contribution in [0.1, 0.15) is 44.9 Å². The van der Waals surface area contributed by atoms with E-state index in [1.807, 2.05) is 0 Å². The summed E-state index contributed by atoms with van der Waals surface area (Å²) in [5.74, 6) is 3.09. The summed E-state index contributed by atoms with van der Waals surface area (Å²) < 4.78 is 5.01. The molecule has 2 fully saturated rings. The van der Waals surface area contributed by atoms with Gasteiger partial charge >= 0.3 is 0 Å². The molecule has 2 saturated carbocycles. The van der Waals surface area contributed by atoms with Crippen LogP contribution in [0.3, 0.4) is 0 Å². The van der Waals surface area contributed by atoms with Gasteiger partial charge in [-0.2, -0.15) is 0 Å². The first-order chi connectivity index (χ1) is 9.40. The van der Waals surface area contributed by atoms with Gasteiger partial charge in [-0.05, 0) is 43.6 Å². The molecule has 0 aromatic heterocycles. The van der Waals surface area contributed by atoms with Crippen LogP contribution >= 0.6 is 0 Å². The number of hydrogen-bond acceptors (Lipinski definition) is 3. The molecular weight excluding hydrogens is 236 g/mol. The van der Waals surface area contributed by atoms with Crippen molar-refractivity contribution in [2.75, 3.05) is 39.9 Å². The lowest BCUT2D eigenvalue weighted by Gasteiger charge is -2.39. The van der Waals surface area contributed by atoms with E-state index >= 15 is 0 Å². The largest absolute Gasteiger partial charge is 0.383 e. The quantitative estimate of drug-likeness (QED) is 0.663. The summed E-state index contributed by atoms with van der Waals surface area (Å²) in [6, 6.07) is 0. The fourth-order valence-corrected chi connectivity index (χ4v) is 3.94. The highest BCUT2D eigenvalue weighted by Crippen LogP contribution is 2.42. The van der Waals surface area contributed by atoms with Crippen LogP contribution in [0.25, 0.3) is 0 Å². The van der Waals surface area contributed by atoms with Gasteiger partial charge in [0.25, 0.3) is 0 Å². The molecule has 19 heavy (non-hydrogen) atoms. The first-order valence-electron chi connectivity index (χ1n) is 8.30. The molecule has 112 valence electrons. The molecule has 0 bridgehead atoms. The van der Waals surface area contributed by atoms with E-state index in [0.717, 1.165) is 44.0 Å². The van der Waals surface area contributed by atoms with Crippen molar-refractivity contribution in [3.8, 4) is 0 Å². The molecule has 0 amide bonds. The molecule has 3 unspecified atom stereocenters. The van der Waals surface area contributed by atoms with Gasteiger partial charge in [-0.3, -0.25) is 0 Å². The van der Waals surface area contributed by atoms with E-state index in [-0.39, 0.29) is 0 Å². The Balaban J connectivity index is 1.50. The van der Waals surface area contributed by atoms with Crippen molar-refractivity contribution in [3.05, 3.63) is 0 Å². The highest BCUT2D eigenvalue weighted by molar-refractivity contribution is 4.83. The lowest BCUT2D eigenvalue weighted by molar-refractivity contribution is 0.129. The Kier molecular flexibility index (Phi) is 7.18. The summed E-state index contributed by atoms with van der Waals surface area (Å²) >= 11 is 0. The monoisotopic (exact) mass is 268 g/mol. The van der Waals surface area contributed by atoms with Gasteiger partial charge in [-0.15, -0.1) is 0 Å². The maximum atomic E-state index is 5.01. The summed E-state index contributed by atoms with van der Waals surface area (Å²) in [6.07, 6.45) is 10.5. The van der Waals surface area contributed by atoms with Gasteiger partial charge < -0.3 is 15.4 Å². The van der Waals surface area contributed by atoms with Crippen molar-refractivity contribution in [1.29, 1.82) is 0 Å². The van der Waals surface area contributed by atoms with E-state index < -0.39 is 0 Å². The smallest absolute Gasteiger partial charge is 0.0587 e. The minimum atomic E-state index is 0.811. The molecule has 0 radical (unpaired) electrons. The van der Waals surface area contributed by atoms with Crippen molar-refractivity contribution in [1.82, 2.24) is 10.6 Å². The second kappa shape index (κ2) is 8.93. The molecule has 0 aromatic carbocycles. The van der Waals surface area contributed by atoms with E-state index in [4.69, 9.17) is 4.74 Å². The Hall–Kier alpha value is -0.120.